The SMILES string of the molecule is Cc1ccc(CNc2ccc(NC(=O)O)c(Cl)c2)s1. The Morgan fingerprint density at radius 2 is 2.16 bits per heavy atom. The quantitative estimate of drug-likeness (QED) is 0.783. The second kappa shape index (κ2) is 5.95. The van der Waals surface area contributed by atoms with Crippen molar-refractivity contribution < 1.29 is 9.90 Å². The van der Waals surface area contributed by atoms with Gasteiger partial charge >= 0.3 is 6.09 Å². The molecule has 2 aromatic rings. The molecule has 0 saturated heterocycles. The van der Waals surface area contributed by atoms with Gasteiger partial charge in [0.25, 0.3) is 0 Å². The van der Waals surface area contributed by atoms with Crippen LogP contribution in [0.3, 0.4) is 0 Å². The molecule has 1 heterocycles. The van der Waals surface area contributed by atoms with Gasteiger partial charge in [-0.1, -0.05) is 11.6 Å². The summed E-state index contributed by atoms with van der Waals surface area (Å²) in [6.07, 6.45) is -1.13. The predicted molar refractivity (Wildman–Crippen MR) is 79.5 cm³/mol. The minimum Gasteiger partial charge on any atom is -0.465 e. The molecule has 0 bridgehead atoms. The molecule has 100 valence electrons. The topological polar surface area (TPSA) is 61.4 Å². The lowest BCUT2D eigenvalue weighted by Crippen LogP contribution is -2.07. The van der Waals surface area contributed by atoms with Crippen LogP contribution in [-0.2, 0) is 6.54 Å². The molecule has 1 amide bonds. The molecule has 4 nitrogen and oxygen atoms in total. The number of nitrogens with one attached hydrogen (secondary N) is 2. The lowest BCUT2D eigenvalue weighted by atomic mass is 10.2. The van der Waals surface area contributed by atoms with Crippen molar-refractivity contribution in [3.05, 3.63) is 45.1 Å². The Labute approximate surface area is 120 Å². The highest BCUT2D eigenvalue weighted by atomic mass is 35.5. The third kappa shape index (κ3) is 3.87. The molecular formula is C13H13ClN2O2S. The summed E-state index contributed by atoms with van der Waals surface area (Å²) in [7, 11) is 0. The molecule has 0 aliphatic rings. The fourth-order valence-corrected chi connectivity index (χ4v) is 2.67. The Bertz CT molecular complexity index is 598. The molecule has 1 aromatic carbocycles. The number of carbonyl (C=O) groups is 1. The smallest absolute Gasteiger partial charge is 0.409 e. The van der Waals surface area contributed by atoms with E-state index in [2.05, 4.69) is 29.7 Å². The van der Waals surface area contributed by atoms with Gasteiger partial charge in [-0.15, -0.1) is 11.3 Å². The van der Waals surface area contributed by atoms with Crippen molar-refractivity contribution in [1.82, 2.24) is 0 Å². The van der Waals surface area contributed by atoms with Crippen molar-refractivity contribution in [3.63, 3.8) is 0 Å². The molecule has 0 aliphatic heterocycles. The molecular weight excluding hydrogens is 284 g/mol. The number of benzene rings is 1. The van der Waals surface area contributed by atoms with Gasteiger partial charge in [-0.3, -0.25) is 5.32 Å². The van der Waals surface area contributed by atoms with E-state index >= 15 is 0 Å². The largest absolute Gasteiger partial charge is 0.465 e. The van der Waals surface area contributed by atoms with E-state index in [4.69, 9.17) is 16.7 Å². The maximum absolute atomic E-state index is 10.5. The van der Waals surface area contributed by atoms with Crippen molar-refractivity contribution in [2.24, 2.45) is 0 Å². The van der Waals surface area contributed by atoms with E-state index in [0.717, 1.165) is 12.2 Å². The molecule has 0 spiro atoms. The Morgan fingerprint density at radius 1 is 1.37 bits per heavy atom. The number of thiophene rings is 1. The van der Waals surface area contributed by atoms with Crippen molar-refractivity contribution in [1.29, 1.82) is 0 Å². The third-order valence-electron chi connectivity index (χ3n) is 2.47. The first-order chi connectivity index (χ1) is 9.04. The molecule has 0 atom stereocenters. The van der Waals surface area contributed by atoms with Crippen LogP contribution in [-0.4, -0.2) is 11.2 Å². The zero-order chi connectivity index (χ0) is 13.8. The Kier molecular flexibility index (Phi) is 4.29. The second-order valence-corrected chi connectivity index (χ2v) is 5.77. The van der Waals surface area contributed by atoms with Crippen LogP contribution >= 0.6 is 22.9 Å². The van der Waals surface area contributed by atoms with Crippen LogP contribution in [0.2, 0.25) is 5.02 Å². The van der Waals surface area contributed by atoms with Gasteiger partial charge in [0.2, 0.25) is 0 Å². The highest BCUT2D eigenvalue weighted by Crippen LogP contribution is 2.26. The van der Waals surface area contributed by atoms with E-state index in [1.807, 2.05) is 0 Å². The van der Waals surface area contributed by atoms with Crippen LogP contribution in [0.25, 0.3) is 0 Å². The van der Waals surface area contributed by atoms with Crippen molar-refractivity contribution in [2.75, 3.05) is 10.6 Å². The van der Waals surface area contributed by atoms with Gasteiger partial charge < -0.3 is 10.4 Å². The monoisotopic (exact) mass is 296 g/mol. The molecule has 2 rings (SSSR count). The van der Waals surface area contributed by atoms with E-state index < -0.39 is 6.09 Å². The summed E-state index contributed by atoms with van der Waals surface area (Å²) in [5.74, 6) is 0. The highest BCUT2D eigenvalue weighted by Gasteiger charge is 2.05. The average Bonchev–Trinajstić information content (AvgIpc) is 2.75. The number of amides is 1. The van der Waals surface area contributed by atoms with E-state index in [1.165, 1.54) is 9.75 Å². The summed E-state index contributed by atoms with van der Waals surface area (Å²) < 4.78 is 0. The molecule has 6 heteroatoms. The van der Waals surface area contributed by atoms with Gasteiger partial charge in [-0.2, -0.15) is 0 Å². The van der Waals surface area contributed by atoms with Crippen LogP contribution < -0.4 is 10.6 Å². The Balaban J connectivity index is 2.01. The standard InChI is InChI=1S/C13H13ClN2O2S/c1-8-2-4-10(19-8)7-15-9-3-5-12(11(14)6-9)16-13(17)18/h2-6,15-16H,7H2,1H3,(H,17,18). The number of hydrogen-bond acceptors (Lipinski definition) is 3. The fraction of sp³-hybridized carbons (Fsp3) is 0.154. The number of halogens is 1. The molecule has 0 fully saturated rings. The van der Waals surface area contributed by atoms with Crippen molar-refractivity contribution in [3.8, 4) is 0 Å². The number of rotatable bonds is 4. The van der Waals surface area contributed by atoms with Crippen molar-refractivity contribution >= 4 is 40.4 Å². The van der Waals surface area contributed by atoms with Crippen LogP contribution in [0.5, 0.6) is 0 Å². The zero-order valence-corrected chi connectivity index (χ0v) is 11.8. The van der Waals surface area contributed by atoms with Crippen LogP contribution in [0.15, 0.2) is 30.3 Å². The first kappa shape index (κ1) is 13.7. The lowest BCUT2D eigenvalue weighted by Gasteiger charge is -2.08. The van der Waals surface area contributed by atoms with E-state index in [9.17, 15) is 4.79 Å². The zero-order valence-electron chi connectivity index (χ0n) is 10.2. The summed E-state index contributed by atoms with van der Waals surface area (Å²) in [5, 5.41) is 14.5. The predicted octanol–water partition coefficient (Wildman–Crippen LogP) is 4.41. The van der Waals surface area contributed by atoms with Crippen LogP contribution in [0, 0.1) is 6.92 Å². The van der Waals surface area contributed by atoms with E-state index in [-0.39, 0.29) is 0 Å². The fourth-order valence-electron chi connectivity index (χ4n) is 1.61. The third-order valence-corrected chi connectivity index (χ3v) is 3.79. The first-order valence-electron chi connectivity index (χ1n) is 5.63. The van der Waals surface area contributed by atoms with Gasteiger partial charge in [0.05, 0.1) is 10.7 Å². The van der Waals surface area contributed by atoms with E-state index in [0.29, 0.717) is 10.7 Å². The Hall–Kier alpha value is -1.72. The second-order valence-electron chi connectivity index (χ2n) is 3.99. The number of carboxylic acid groups (broad SMARTS) is 1. The van der Waals surface area contributed by atoms with Gasteiger partial charge in [0.15, 0.2) is 0 Å². The average molecular weight is 297 g/mol. The van der Waals surface area contributed by atoms with Gasteiger partial charge in [0.1, 0.15) is 0 Å². The highest BCUT2D eigenvalue weighted by molar-refractivity contribution is 7.11. The number of anilines is 2. The molecule has 0 aliphatic carbocycles. The summed E-state index contributed by atoms with van der Waals surface area (Å²) in [6, 6.07) is 9.28. The minimum atomic E-state index is -1.13. The van der Waals surface area contributed by atoms with Gasteiger partial charge in [-0.05, 0) is 37.3 Å². The maximum Gasteiger partial charge on any atom is 0.409 e. The normalized spacial score (nSPS) is 10.2. The maximum atomic E-state index is 10.5. The molecule has 0 saturated carbocycles. The van der Waals surface area contributed by atoms with E-state index in [1.54, 1.807) is 29.5 Å². The summed E-state index contributed by atoms with van der Waals surface area (Å²) >= 11 is 7.73. The summed E-state index contributed by atoms with van der Waals surface area (Å²) in [6.45, 7) is 2.79. The summed E-state index contributed by atoms with van der Waals surface area (Å²) in [5.41, 5.74) is 1.23. The van der Waals surface area contributed by atoms with Crippen LogP contribution in [0.4, 0.5) is 16.2 Å². The molecule has 3 N–H and O–H groups in total. The van der Waals surface area contributed by atoms with Crippen molar-refractivity contribution in [2.45, 2.75) is 13.5 Å². The number of hydrogen-bond donors (Lipinski definition) is 3. The van der Waals surface area contributed by atoms with Crippen LogP contribution in [0.1, 0.15) is 9.75 Å². The molecule has 19 heavy (non-hydrogen) atoms. The van der Waals surface area contributed by atoms with Gasteiger partial charge in [0, 0.05) is 22.0 Å². The molecule has 0 unspecified atom stereocenters. The van der Waals surface area contributed by atoms with Gasteiger partial charge in [-0.25, -0.2) is 4.79 Å². The Morgan fingerprint density at radius 3 is 2.74 bits per heavy atom. The summed E-state index contributed by atoms with van der Waals surface area (Å²) in [4.78, 5) is 13.0. The lowest BCUT2D eigenvalue weighted by molar-refractivity contribution is 0.210. The molecule has 1 aromatic heterocycles. The first-order valence-corrected chi connectivity index (χ1v) is 6.83. The number of aryl methyl sites for hydroxylation is 1. The minimum absolute atomic E-state index is 0.370. The molecule has 0 radical (unpaired) electrons.